The molecule has 0 amide bonds. The van der Waals surface area contributed by atoms with Crippen LogP contribution in [-0.2, 0) is 22.5 Å². The predicted octanol–water partition coefficient (Wildman–Crippen LogP) is 4.92. The fourth-order valence-electron chi connectivity index (χ4n) is 3.45. The summed E-state index contributed by atoms with van der Waals surface area (Å²) in [5, 5.41) is 10.1. The number of aryl methyl sites for hydroxylation is 3. The van der Waals surface area contributed by atoms with Gasteiger partial charge < -0.3 is 18.8 Å². The first-order valence-electron chi connectivity index (χ1n) is 9.65. The summed E-state index contributed by atoms with van der Waals surface area (Å²) in [6.45, 7) is 2.70. The van der Waals surface area contributed by atoms with Crippen molar-refractivity contribution in [2.75, 3.05) is 7.11 Å². The van der Waals surface area contributed by atoms with Crippen LogP contribution in [0, 0.1) is 6.92 Å². The van der Waals surface area contributed by atoms with Crippen molar-refractivity contribution in [3.63, 3.8) is 0 Å². The van der Waals surface area contributed by atoms with Crippen molar-refractivity contribution in [1.29, 1.82) is 0 Å². The van der Waals surface area contributed by atoms with E-state index >= 15 is 0 Å². The summed E-state index contributed by atoms with van der Waals surface area (Å²) in [4.78, 5) is 15.8. The summed E-state index contributed by atoms with van der Waals surface area (Å²) in [6, 6.07) is 17.7. The first-order chi connectivity index (χ1) is 14.5. The monoisotopic (exact) mass is 402 g/mol. The Bertz CT molecular complexity index is 1220. The number of rotatable bonds is 7. The van der Waals surface area contributed by atoms with Crippen LogP contribution in [-0.4, -0.2) is 27.7 Å². The summed E-state index contributed by atoms with van der Waals surface area (Å²) in [6.07, 6.45) is 4.30. The highest BCUT2D eigenvalue weighted by molar-refractivity contribution is 5.91. The molecule has 0 spiro atoms. The molecule has 0 saturated heterocycles. The van der Waals surface area contributed by atoms with Gasteiger partial charge in [0.15, 0.2) is 0 Å². The summed E-state index contributed by atoms with van der Waals surface area (Å²) in [7, 11) is 1.35. The molecule has 6 heteroatoms. The number of oxazole rings is 1. The highest BCUT2D eigenvalue weighted by atomic mass is 16.5. The Kier molecular flexibility index (Phi) is 5.39. The predicted molar refractivity (Wildman–Crippen MR) is 115 cm³/mol. The molecule has 30 heavy (non-hydrogen) atoms. The van der Waals surface area contributed by atoms with Crippen LogP contribution in [0.5, 0.6) is 0 Å². The number of methoxy groups -OCH3 is 1. The molecule has 0 fully saturated rings. The largest absolute Gasteiger partial charge is 0.490 e. The maximum absolute atomic E-state index is 11.1. The van der Waals surface area contributed by atoms with Crippen molar-refractivity contribution in [2.45, 2.75) is 19.9 Å². The number of carbonyl (C=O) groups is 1. The molecule has 0 aliphatic rings. The number of hydrogen-bond acceptors (Lipinski definition) is 4. The fourth-order valence-corrected chi connectivity index (χ4v) is 3.45. The molecule has 0 radical (unpaired) electrons. The molecule has 0 aliphatic carbocycles. The van der Waals surface area contributed by atoms with Crippen LogP contribution in [0.25, 0.3) is 28.4 Å². The number of aliphatic carboxylic acids is 1. The number of carboxylic acids is 1. The Labute approximate surface area is 174 Å². The van der Waals surface area contributed by atoms with E-state index in [1.165, 1.54) is 13.2 Å². The van der Waals surface area contributed by atoms with Crippen LogP contribution in [0.3, 0.4) is 0 Å². The summed E-state index contributed by atoms with van der Waals surface area (Å²) >= 11 is 0. The van der Waals surface area contributed by atoms with Gasteiger partial charge in [-0.3, -0.25) is 0 Å². The van der Waals surface area contributed by atoms with Crippen molar-refractivity contribution < 1.29 is 19.1 Å². The van der Waals surface area contributed by atoms with Gasteiger partial charge in [0.25, 0.3) is 0 Å². The standard InChI is InChI=1S/C24H22N2O4/c1-16-20(25-23(30-16)18-6-4-3-5-7-18)11-13-26-12-10-19-14-17(8-9-21(19)26)15-22(29-2)24(27)28/h3-10,12,14-15H,11,13H2,1-2H3,(H,27,28)/b22-15-. The molecule has 2 heterocycles. The van der Waals surface area contributed by atoms with Gasteiger partial charge in [-0.05, 0) is 48.9 Å². The molecule has 2 aromatic carbocycles. The van der Waals surface area contributed by atoms with Gasteiger partial charge in [-0.1, -0.05) is 24.3 Å². The highest BCUT2D eigenvalue weighted by Crippen LogP contribution is 2.23. The second-order valence-corrected chi connectivity index (χ2v) is 6.98. The van der Waals surface area contributed by atoms with E-state index in [0.29, 0.717) is 5.89 Å². The van der Waals surface area contributed by atoms with Gasteiger partial charge >= 0.3 is 5.97 Å². The van der Waals surface area contributed by atoms with E-state index in [0.717, 1.165) is 46.4 Å². The van der Waals surface area contributed by atoms with E-state index in [9.17, 15) is 4.79 Å². The van der Waals surface area contributed by atoms with Gasteiger partial charge in [-0.2, -0.15) is 0 Å². The van der Waals surface area contributed by atoms with Crippen LogP contribution >= 0.6 is 0 Å². The normalized spacial score (nSPS) is 11.7. The molecule has 0 aliphatic heterocycles. The van der Waals surface area contributed by atoms with E-state index in [4.69, 9.17) is 14.3 Å². The number of fused-ring (bicyclic) bond motifs is 1. The molecule has 0 bridgehead atoms. The number of ether oxygens (including phenoxy) is 1. The van der Waals surface area contributed by atoms with Gasteiger partial charge in [-0.15, -0.1) is 0 Å². The number of aromatic nitrogens is 2. The van der Waals surface area contributed by atoms with Crippen molar-refractivity contribution >= 4 is 22.9 Å². The van der Waals surface area contributed by atoms with Gasteiger partial charge in [0, 0.05) is 35.6 Å². The molecule has 2 aromatic heterocycles. The first kappa shape index (κ1) is 19.5. The van der Waals surface area contributed by atoms with Crippen molar-refractivity contribution in [2.24, 2.45) is 0 Å². The lowest BCUT2D eigenvalue weighted by Crippen LogP contribution is -2.02. The smallest absolute Gasteiger partial charge is 0.371 e. The molecule has 1 N–H and O–H groups in total. The van der Waals surface area contributed by atoms with Crippen molar-refractivity contribution in [1.82, 2.24) is 9.55 Å². The van der Waals surface area contributed by atoms with Crippen molar-refractivity contribution in [3.05, 3.63) is 83.6 Å². The number of hydrogen-bond donors (Lipinski definition) is 1. The van der Waals surface area contributed by atoms with Crippen LogP contribution in [0.4, 0.5) is 0 Å². The molecule has 0 unspecified atom stereocenters. The number of nitrogens with zero attached hydrogens (tertiary/aromatic N) is 2. The average Bonchev–Trinajstić information content (AvgIpc) is 3.33. The van der Waals surface area contributed by atoms with Gasteiger partial charge in [0.1, 0.15) is 5.76 Å². The second kappa shape index (κ2) is 8.29. The third-order valence-electron chi connectivity index (χ3n) is 5.03. The average molecular weight is 402 g/mol. The van der Waals surface area contributed by atoms with Crippen LogP contribution < -0.4 is 0 Å². The topological polar surface area (TPSA) is 77.5 Å². The molecular formula is C24H22N2O4. The molecule has 152 valence electrons. The molecule has 4 rings (SSSR count). The van der Waals surface area contributed by atoms with E-state index < -0.39 is 5.97 Å². The summed E-state index contributed by atoms with van der Waals surface area (Å²) in [5.41, 5.74) is 3.77. The first-order valence-corrected chi connectivity index (χ1v) is 9.65. The van der Waals surface area contributed by atoms with E-state index in [-0.39, 0.29) is 5.76 Å². The lowest BCUT2D eigenvalue weighted by Gasteiger charge is -2.05. The minimum Gasteiger partial charge on any atom is -0.490 e. The van der Waals surface area contributed by atoms with E-state index in [1.807, 2.05) is 67.7 Å². The fraction of sp³-hybridized carbons (Fsp3) is 0.167. The Morgan fingerprint density at radius 2 is 2.00 bits per heavy atom. The molecule has 0 atom stereocenters. The van der Waals surface area contributed by atoms with Gasteiger partial charge in [0.05, 0.1) is 12.8 Å². The summed E-state index contributed by atoms with van der Waals surface area (Å²) < 4.78 is 12.9. The second-order valence-electron chi connectivity index (χ2n) is 6.98. The maximum atomic E-state index is 11.1. The third-order valence-corrected chi connectivity index (χ3v) is 5.03. The van der Waals surface area contributed by atoms with Gasteiger partial charge in [0.2, 0.25) is 11.6 Å². The van der Waals surface area contributed by atoms with E-state index in [1.54, 1.807) is 0 Å². The Morgan fingerprint density at radius 1 is 1.20 bits per heavy atom. The maximum Gasteiger partial charge on any atom is 0.371 e. The number of carboxylic acid groups (broad SMARTS) is 1. The molecule has 0 saturated carbocycles. The lowest BCUT2D eigenvalue weighted by atomic mass is 10.1. The highest BCUT2D eigenvalue weighted by Gasteiger charge is 2.12. The van der Waals surface area contributed by atoms with Crippen molar-refractivity contribution in [3.8, 4) is 11.5 Å². The Balaban J connectivity index is 1.53. The van der Waals surface area contributed by atoms with Crippen LogP contribution in [0.1, 0.15) is 17.0 Å². The van der Waals surface area contributed by atoms with Gasteiger partial charge in [-0.25, -0.2) is 9.78 Å². The zero-order chi connectivity index (χ0) is 21.1. The quantitative estimate of drug-likeness (QED) is 0.351. The zero-order valence-electron chi connectivity index (χ0n) is 16.8. The molecular weight excluding hydrogens is 380 g/mol. The minimum absolute atomic E-state index is 0.0930. The number of benzene rings is 2. The Hall–Kier alpha value is -3.80. The zero-order valence-corrected chi connectivity index (χ0v) is 16.8. The third kappa shape index (κ3) is 3.98. The Morgan fingerprint density at radius 3 is 2.73 bits per heavy atom. The SMILES string of the molecule is CO/C(=C\c1ccc2c(ccn2CCc2nc(-c3ccccc3)oc2C)c1)C(=O)O. The van der Waals surface area contributed by atoms with E-state index in [2.05, 4.69) is 9.55 Å². The van der Waals surface area contributed by atoms with Crippen LogP contribution in [0.15, 0.2) is 71.0 Å². The molecule has 6 nitrogen and oxygen atoms in total. The molecule has 4 aromatic rings. The van der Waals surface area contributed by atoms with Crippen LogP contribution in [0.2, 0.25) is 0 Å². The lowest BCUT2D eigenvalue weighted by molar-refractivity contribution is -0.135. The summed E-state index contributed by atoms with van der Waals surface area (Å²) in [5.74, 6) is 0.292. The minimum atomic E-state index is -1.09.